The first-order chi connectivity index (χ1) is 6.26. The number of hydrogen-bond acceptors (Lipinski definition) is 1. The highest BCUT2D eigenvalue weighted by atomic mass is 16.1. The molecule has 0 saturated carbocycles. The molecule has 0 atom stereocenters. The number of rotatable bonds is 2. The maximum Gasteiger partial charge on any atom is 0.150 e. The Hall–Kier alpha value is -1.11. The van der Waals surface area contributed by atoms with Crippen molar-refractivity contribution in [3.05, 3.63) is 34.9 Å². The van der Waals surface area contributed by atoms with Crippen LogP contribution in [0.25, 0.3) is 0 Å². The van der Waals surface area contributed by atoms with Gasteiger partial charge in [-0.1, -0.05) is 32.4 Å². The van der Waals surface area contributed by atoms with E-state index in [9.17, 15) is 4.79 Å². The van der Waals surface area contributed by atoms with Gasteiger partial charge in [-0.15, -0.1) is 0 Å². The lowest BCUT2D eigenvalue weighted by Gasteiger charge is -1.99. The topological polar surface area (TPSA) is 17.1 Å². The Morgan fingerprint density at radius 3 is 2.31 bits per heavy atom. The molecule has 0 saturated heterocycles. The van der Waals surface area contributed by atoms with Gasteiger partial charge in [0, 0.05) is 5.56 Å². The average Bonchev–Trinajstić information content (AvgIpc) is 2.20. The minimum Gasteiger partial charge on any atom is -0.298 e. The van der Waals surface area contributed by atoms with Crippen molar-refractivity contribution in [3.8, 4) is 0 Å². The Labute approximate surface area is 80.8 Å². The van der Waals surface area contributed by atoms with Crippen LogP contribution >= 0.6 is 0 Å². The smallest absolute Gasteiger partial charge is 0.150 e. The first kappa shape index (κ1) is 11.9. The van der Waals surface area contributed by atoms with E-state index in [1.165, 1.54) is 5.56 Å². The molecular formula is C12H18O. The van der Waals surface area contributed by atoms with Gasteiger partial charge in [0.15, 0.2) is 0 Å². The van der Waals surface area contributed by atoms with Crippen LogP contribution in [0.3, 0.4) is 0 Å². The molecule has 0 fully saturated rings. The molecule has 0 bridgehead atoms. The Morgan fingerprint density at radius 2 is 1.85 bits per heavy atom. The van der Waals surface area contributed by atoms with Crippen LogP contribution in [0.1, 0.15) is 42.3 Å². The molecule has 1 rings (SSSR count). The largest absolute Gasteiger partial charge is 0.298 e. The lowest BCUT2D eigenvalue weighted by atomic mass is 10.1. The predicted octanol–water partition coefficient (Wildman–Crippen LogP) is 3.40. The second kappa shape index (κ2) is 6.41. The molecule has 0 heterocycles. The lowest BCUT2D eigenvalue weighted by Crippen LogP contribution is -1.87. The van der Waals surface area contributed by atoms with Gasteiger partial charge < -0.3 is 0 Å². The maximum absolute atomic E-state index is 10.4. The van der Waals surface area contributed by atoms with E-state index >= 15 is 0 Å². The minimum absolute atomic E-state index is 0.779. The van der Waals surface area contributed by atoms with Crippen LogP contribution in [0, 0.1) is 6.92 Å². The van der Waals surface area contributed by atoms with Crippen molar-refractivity contribution >= 4 is 6.29 Å². The number of carbonyl (C=O) groups excluding carboxylic acids is 1. The van der Waals surface area contributed by atoms with Gasteiger partial charge in [-0.05, 0) is 31.0 Å². The molecule has 0 unspecified atom stereocenters. The first-order valence-corrected chi connectivity index (χ1v) is 4.82. The van der Waals surface area contributed by atoms with Gasteiger partial charge in [0.05, 0.1) is 0 Å². The molecule has 1 aromatic rings. The molecule has 1 aromatic carbocycles. The summed E-state index contributed by atoms with van der Waals surface area (Å²) in [5.74, 6) is 0. The molecule has 13 heavy (non-hydrogen) atoms. The van der Waals surface area contributed by atoms with Crippen LogP contribution < -0.4 is 0 Å². The highest BCUT2D eigenvalue weighted by molar-refractivity contribution is 5.75. The van der Waals surface area contributed by atoms with Gasteiger partial charge in [-0.2, -0.15) is 0 Å². The van der Waals surface area contributed by atoms with E-state index in [0.29, 0.717) is 0 Å². The summed E-state index contributed by atoms with van der Waals surface area (Å²) < 4.78 is 0. The summed E-state index contributed by atoms with van der Waals surface area (Å²) in [6, 6.07) is 5.93. The number of aldehydes is 1. The molecule has 0 N–H and O–H groups in total. The number of carbonyl (C=O) groups is 1. The Bertz CT molecular complexity index is 264. The second-order valence-electron chi connectivity index (χ2n) is 2.72. The van der Waals surface area contributed by atoms with Crippen LogP contribution in [0.5, 0.6) is 0 Å². The van der Waals surface area contributed by atoms with Gasteiger partial charge in [-0.25, -0.2) is 0 Å². The lowest BCUT2D eigenvalue weighted by molar-refractivity contribution is 0.112. The van der Waals surface area contributed by atoms with Crippen LogP contribution in [0.4, 0.5) is 0 Å². The molecule has 0 radical (unpaired) electrons. The fourth-order valence-electron chi connectivity index (χ4n) is 1.17. The van der Waals surface area contributed by atoms with Gasteiger partial charge in [-0.3, -0.25) is 4.79 Å². The van der Waals surface area contributed by atoms with Crippen LogP contribution in [0.15, 0.2) is 18.2 Å². The predicted molar refractivity (Wildman–Crippen MR) is 57.3 cm³/mol. The van der Waals surface area contributed by atoms with Crippen LogP contribution in [0.2, 0.25) is 0 Å². The van der Waals surface area contributed by atoms with Crippen molar-refractivity contribution in [1.82, 2.24) is 0 Å². The quantitative estimate of drug-likeness (QED) is 0.634. The second-order valence-corrected chi connectivity index (χ2v) is 2.72. The third kappa shape index (κ3) is 3.88. The van der Waals surface area contributed by atoms with Crippen molar-refractivity contribution in [2.75, 3.05) is 0 Å². The normalized spacial score (nSPS) is 8.62. The molecule has 0 amide bonds. The number of aryl methyl sites for hydroxylation is 2. The Morgan fingerprint density at radius 1 is 1.23 bits per heavy atom. The van der Waals surface area contributed by atoms with E-state index in [0.717, 1.165) is 23.8 Å². The van der Waals surface area contributed by atoms with E-state index in [4.69, 9.17) is 0 Å². The zero-order valence-corrected chi connectivity index (χ0v) is 8.92. The summed E-state index contributed by atoms with van der Waals surface area (Å²) in [6.45, 7) is 8.09. The molecule has 0 spiro atoms. The Balaban J connectivity index is 0.000000671. The third-order valence-corrected chi connectivity index (χ3v) is 1.70. The fraction of sp³-hybridized carbons (Fsp3) is 0.417. The average molecular weight is 178 g/mol. The van der Waals surface area contributed by atoms with E-state index in [1.54, 1.807) is 0 Å². The monoisotopic (exact) mass is 178 g/mol. The molecule has 0 aliphatic heterocycles. The minimum atomic E-state index is 0.779. The van der Waals surface area contributed by atoms with Gasteiger partial charge >= 0.3 is 0 Å². The first-order valence-electron chi connectivity index (χ1n) is 4.82. The van der Waals surface area contributed by atoms with Crippen molar-refractivity contribution in [2.45, 2.75) is 34.1 Å². The molecule has 0 aliphatic carbocycles. The number of benzene rings is 1. The van der Waals surface area contributed by atoms with Crippen molar-refractivity contribution in [1.29, 1.82) is 0 Å². The highest BCUT2D eigenvalue weighted by Crippen LogP contribution is 2.08. The molecule has 0 aliphatic rings. The molecule has 1 nitrogen and oxygen atoms in total. The fourth-order valence-corrected chi connectivity index (χ4v) is 1.17. The van der Waals surface area contributed by atoms with E-state index in [-0.39, 0.29) is 0 Å². The van der Waals surface area contributed by atoms with E-state index in [1.807, 2.05) is 32.9 Å². The van der Waals surface area contributed by atoms with E-state index < -0.39 is 0 Å². The van der Waals surface area contributed by atoms with Crippen molar-refractivity contribution in [3.63, 3.8) is 0 Å². The number of hydrogen-bond donors (Lipinski definition) is 0. The standard InChI is InChI=1S/C10H12O.C2H6/c1-3-9-4-8(2)5-10(6-9)7-11;1-2/h4-7H,3H2,1-2H3;1-2H3. The SMILES string of the molecule is CC.CCc1cc(C)cc(C=O)c1. The molecule has 72 valence electrons. The van der Waals surface area contributed by atoms with E-state index in [2.05, 4.69) is 13.0 Å². The van der Waals surface area contributed by atoms with Crippen LogP contribution in [-0.4, -0.2) is 6.29 Å². The molecule has 1 heteroatoms. The van der Waals surface area contributed by atoms with Gasteiger partial charge in [0.1, 0.15) is 6.29 Å². The summed E-state index contributed by atoms with van der Waals surface area (Å²) in [5.41, 5.74) is 3.17. The molecular weight excluding hydrogens is 160 g/mol. The zero-order chi connectivity index (χ0) is 10.3. The summed E-state index contributed by atoms with van der Waals surface area (Å²) in [6.07, 6.45) is 1.88. The van der Waals surface area contributed by atoms with Gasteiger partial charge in [0.25, 0.3) is 0 Å². The van der Waals surface area contributed by atoms with Crippen molar-refractivity contribution < 1.29 is 4.79 Å². The molecule has 0 aromatic heterocycles. The maximum atomic E-state index is 10.4. The van der Waals surface area contributed by atoms with Gasteiger partial charge in [0.2, 0.25) is 0 Å². The van der Waals surface area contributed by atoms with Crippen LogP contribution in [-0.2, 0) is 6.42 Å². The third-order valence-electron chi connectivity index (χ3n) is 1.70. The summed E-state index contributed by atoms with van der Waals surface area (Å²) in [5, 5.41) is 0. The highest BCUT2D eigenvalue weighted by Gasteiger charge is 1.94. The Kier molecular flexibility index (Phi) is 5.86. The van der Waals surface area contributed by atoms with Crippen molar-refractivity contribution in [2.24, 2.45) is 0 Å². The zero-order valence-electron chi connectivity index (χ0n) is 8.92. The summed E-state index contributed by atoms with van der Waals surface area (Å²) in [4.78, 5) is 10.4. The summed E-state index contributed by atoms with van der Waals surface area (Å²) in [7, 11) is 0. The summed E-state index contributed by atoms with van der Waals surface area (Å²) >= 11 is 0.